The van der Waals surface area contributed by atoms with Gasteiger partial charge in [0.25, 0.3) is 0 Å². The first-order valence-electron chi connectivity index (χ1n) is 8.56. The normalized spacial score (nSPS) is 17.2. The molecule has 1 heterocycles. The summed E-state index contributed by atoms with van der Waals surface area (Å²) in [5.74, 6) is 0.786. The summed E-state index contributed by atoms with van der Waals surface area (Å²) < 4.78 is 0. The Balaban J connectivity index is 1.92. The lowest BCUT2D eigenvalue weighted by Crippen LogP contribution is -2.36. The number of nitrogens with zero attached hydrogens (tertiary/aromatic N) is 1. The van der Waals surface area contributed by atoms with E-state index in [2.05, 4.69) is 67.3 Å². The number of fused-ring (bicyclic) bond motifs is 1. The number of hydrogen-bond donors (Lipinski definition) is 0. The molecule has 23 heavy (non-hydrogen) atoms. The molecule has 0 spiro atoms. The molecule has 1 atom stereocenters. The molecule has 1 aliphatic heterocycles. The molecule has 3 rings (SSSR count). The fourth-order valence-corrected chi connectivity index (χ4v) is 3.55. The summed E-state index contributed by atoms with van der Waals surface area (Å²) in [4.78, 5) is 14.9. The summed E-state index contributed by atoms with van der Waals surface area (Å²) in [5, 5.41) is 0. The van der Waals surface area contributed by atoms with Gasteiger partial charge in [0.15, 0.2) is 0 Å². The third kappa shape index (κ3) is 3.64. The smallest absolute Gasteiger partial charge is 0.135 e. The summed E-state index contributed by atoms with van der Waals surface area (Å²) in [6.45, 7) is 5.20. The molecule has 0 saturated carbocycles. The maximum atomic E-state index is 12.5. The number of carbonyl (C=O) groups excluding carboxylic acids is 1. The summed E-state index contributed by atoms with van der Waals surface area (Å²) >= 11 is 0. The zero-order chi connectivity index (χ0) is 16.2. The highest BCUT2D eigenvalue weighted by Crippen LogP contribution is 2.36. The van der Waals surface area contributed by atoms with Crippen molar-refractivity contribution in [2.45, 2.75) is 39.2 Å². The second kappa shape index (κ2) is 6.99. The van der Waals surface area contributed by atoms with Gasteiger partial charge in [-0.15, -0.1) is 0 Å². The van der Waals surface area contributed by atoms with Crippen LogP contribution >= 0.6 is 0 Å². The fourth-order valence-electron chi connectivity index (χ4n) is 3.55. The van der Waals surface area contributed by atoms with Crippen molar-refractivity contribution in [3.05, 3.63) is 65.7 Å². The van der Waals surface area contributed by atoms with E-state index < -0.39 is 0 Å². The van der Waals surface area contributed by atoms with E-state index in [9.17, 15) is 4.79 Å². The summed E-state index contributed by atoms with van der Waals surface area (Å²) in [5.41, 5.74) is 3.92. The van der Waals surface area contributed by atoms with Gasteiger partial charge in [0.2, 0.25) is 0 Å². The summed E-state index contributed by atoms with van der Waals surface area (Å²) in [6.07, 6.45) is 2.31. The summed E-state index contributed by atoms with van der Waals surface area (Å²) in [7, 11) is 0. The van der Waals surface area contributed by atoms with Crippen LogP contribution in [0.2, 0.25) is 0 Å². The molecule has 120 valence electrons. The Kier molecular flexibility index (Phi) is 4.80. The minimum atomic E-state index is 0.161. The monoisotopic (exact) mass is 307 g/mol. The fraction of sp³-hybridized carbons (Fsp3) is 0.381. The van der Waals surface area contributed by atoms with Crippen molar-refractivity contribution in [1.29, 1.82) is 0 Å². The topological polar surface area (TPSA) is 20.3 Å². The van der Waals surface area contributed by atoms with Crippen LogP contribution in [0.4, 0.5) is 5.69 Å². The molecule has 0 bridgehead atoms. The van der Waals surface area contributed by atoms with Gasteiger partial charge in [-0.25, -0.2) is 0 Å². The second-order valence-corrected chi connectivity index (χ2v) is 6.83. The number of ketones is 1. The molecule has 2 heteroatoms. The van der Waals surface area contributed by atoms with Gasteiger partial charge in [0, 0.05) is 25.1 Å². The van der Waals surface area contributed by atoms with E-state index in [0.717, 1.165) is 13.0 Å². The van der Waals surface area contributed by atoms with Gasteiger partial charge in [-0.05, 0) is 35.6 Å². The van der Waals surface area contributed by atoms with Gasteiger partial charge >= 0.3 is 0 Å². The Hall–Kier alpha value is -2.09. The van der Waals surface area contributed by atoms with Crippen molar-refractivity contribution in [2.24, 2.45) is 5.92 Å². The third-order valence-electron chi connectivity index (χ3n) is 4.56. The van der Waals surface area contributed by atoms with Crippen LogP contribution in [0, 0.1) is 5.92 Å². The highest BCUT2D eigenvalue weighted by atomic mass is 16.1. The van der Waals surface area contributed by atoms with Crippen LogP contribution in [0.25, 0.3) is 0 Å². The quantitative estimate of drug-likeness (QED) is 0.791. The van der Waals surface area contributed by atoms with Gasteiger partial charge < -0.3 is 4.90 Å². The minimum Gasteiger partial charge on any atom is -0.364 e. The number of benzene rings is 2. The molecule has 0 aromatic heterocycles. The lowest BCUT2D eigenvalue weighted by Gasteiger charge is -2.39. The number of hydrogen-bond acceptors (Lipinski definition) is 2. The minimum absolute atomic E-state index is 0.161. The van der Waals surface area contributed by atoms with Gasteiger partial charge in [0.05, 0.1) is 6.04 Å². The lowest BCUT2D eigenvalue weighted by molar-refractivity contribution is -0.120. The average molecular weight is 307 g/mol. The zero-order valence-electron chi connectivity index (χ0n) is 14.0. The maximum absolute atomic E-state index is 12.5. The lowest BCUT2D eigenvalue weighted by atomic mass is 9.88. The van der Waals surface area contributed by atoms with Gasteiger partial charge in [-0.3, -0.25) is 4.79 Å². The SMILES string of the molecule is CC(C)CC(=O)CC1c2ccccc2CCN1c1ccccc1. The molecule has 0 aliphatic carbocycles. The Morgan fingerprint density at radius 2 is 1.78 bits per heavy atom. The van der Waals surface area contributed by atoms with Crippen molar-refractivity contribution in [2.75, 3.05) is 11.4 Å². The highest BCUT2D eigenvalue weighted by molar-refractivity contribution is 5.80. The van der Waals surface area contributed by atoms with Crippen LogP contribution in [0.1, 0.15) is 43.9 Å². The van der Waals surface area contributed by atoms with Crippen molar-refractivity contribution < 1.29 is 4.79 Å². The maximum Gasteiger partial charge on any atom is 0.135 e. The molecule has 2 aromatic rings. The average Bonchev–Trinajstić information content (AvgIpc) is 2.55. The van der Waals surface area contributed by atoms with Gasteiger partial charge in [0.1, 0.15) is 5.78 Å². The predicted molar refractivity (Wildman–Crippen MR) is 95.8 cm³/mol. The van der Waals surface area contributed by atoms with Gasteiger partial charge in [-0.2, -0.15) is 0 Å². The first kappa shape index (κ1) is 15.8. The standard InChI is InChI=1S/C21H25NO/c1-16(2)14-19(23)15-21-20-11-7-6-8-17(20)12-13-22(21)18-9-4-3-5-10-18/h3-11,16,21H,12-15H2,1-2H3. The molecule has 0 radical (unpaired) electrons. The van der Waals surface area contributed by atoms with E-state index in [1.54, 1.807) is 0 Å². The molecule has 2 nitrogen and oxygen atoms in total. The van der Waals surface area contributed by atoms with Crippen LogP contribution in [-0.4, -0.2) is 12.3 Å². The van der Waals surface area contributed by atoms with E-state index in [1.165, 1.54) is 16.8 Å². The molecule has 0 saturated heterocycles. The van der Waals surface area contributed by atoms with E-state index >= 15 is 0 Å². The van der Waals surface area contributed by atoms with Crippen molar-refractivity contribution in [3.8, 4) is 0 Å². The van der Waals surface area contributed by atoms with Crippen LogP contribution in [0.15, 0.2) is 54.6 Å². The first-order valence-corrected chi connectivity index (χ1v) is 8.56. The zero-order valence-corrected chi connectivity index (χ0v) is 14.0. The number of carbonyl (C=O) groups is 1. The molecule has 1 aliphatic rings. The van der Waals surface area contributed by atoms with Crippen LogP contribution in [0.3, 0.4) is 0 Å². The summed E-state index contributed by atoms with van der Waals surface area (Å²) in [6, 6.07) is 19.2. The van der Waals surface area contributed by atoms with Crippen molar-refractivity contribution in [3.63, 3.8) is 0 Å². The van der Waals surface area contributed by atoms with Crippen LogP contribution in [0.5, 0.6) is 0 Å². The number of Topliss-reactive ketones (excluding diaryl/α,β-unsaturated/α-hetero) is 1. The van der Waals surface area contributed by atoms with Crippen molar-refractivity contribution in [1.82, 2.24) is 0 Å². The number of anilines is 1. The number of para-hydroxylation sites is 1. The van der Waals surface area contributed by atoms with E-state index in [0.29, 0.717) is 24.5 Å². The Bertz CT molecular complexity index is 663. The largest absolute Gasteiger partial charge is 0.364 e. The molecule has 0 fully saturated rings. The molecule has 1 unspecified atom stereocenters. The van der Waals surface area contributed by atoms with E-state index in [1.807, 2.05) is 6.07 Å². The first-order chi connectivity index (χ1) is 11.1. The van der Waals surface area contributed by atoms with Crippen LogP contribution < -0.4 is 4.90 Å². The third-order valence-corrected chi connectivity index (χ3v) is 4.56. The van der Waals surface area contributed by atoms with Crippen molar-refractivity contribution >= 4 is 11.5 Å². The Morgan fingerprint density at radius 3 is 2.52 bits per heavy atom. The molecular weight excluding hydrogens is 282 g/mol. The van der Waals surface area contributed by atoms with E-state index in [-0.39, 0.29) is 6.04 Å². The molecular formula is C21H25NO. The predicted octanol–water partition coefficient (Wildman–Crippen LogP) is 4.80. The van der Waals surface area contributed by atoms with E-state index in [4.69, 9.17) is 0 Å². The van der Waals surface area contributed by atoms with Crippen LogP contribution in [-0.2, 0) is 11.2 Å². The molecule has 0 amide bonds. The molecule has 2 aromatic carbocycles. The highest BCUT2D eigenvalue weighted by Gasteiger charge is 2.29. The number of rotatable bonds is 5. The Morgan fingerprint density at radius 1 is 1.09 bits per heavy atom. The molecule has 0 N–H and O–H groups in total. The van der Waals surface area contributed by atoms with Gasteiger partial charge in [-0.1, -0.05) is 56.3 Å². The second-order valence-electron chi connectivity index (χ2n) is 6.83. The Labute approximate surface area is 139 Å².